The molecule has 0 aliphatic rings. The Kier molecular flexibility index (Phi) is 3.98. The highest BCUT2D eigenvalue weighted by molar-refractivity contribution is 9.11. The fraction of sp³-hybridized carbons (Fsp3) is 0.312. The molecule has 0 fully saturated rings. The Bertz CT molecular complexity index is 622. The number of hydrogen-bond acceptors (Lipinski definition) is 2. The van der Waals surface area contributed by atoms with Crippen molar-refractivity contribution < 1.29 is 4.79 Å². The molecule has 0 atom stereocenters. The summed E-state index contributed by atoms with van der Waals surface area (Å²) in [6, 6.07) is 4.12. The van der Waals surface area contributed by atoms with Gasteiger partial charge in [0.1, 0.15) is 0 Å². The molecule has 1 heterocycles. The first-order valence-corrected chi connectivity index (χ1v) is 7.82. The molecule has 0 aliphatic heterocycles. The quantitative estimate of drug-likeness (QED) is 0.681. The lowest BCUT2D eigenvalue weighted by Crippen LogP contribution is -2.07. The fourth-order valence-electron chi connectivity index (χ4n) is 2.25. The Morgan fingerprint density at radius 3 is 1.89 bits per heavy atom. The zero-order valence-corrected chi connectivity index (χ0v) is 14.3. The van der Waals surface area contributed by atoms with E-state index in [4.69, 9.17) is 0 Å². The summed E-state index contributed by atoms with van der Waals surface area (Å²) in [5.74, 6) is 0.139. The van der Waals surface area contributed by atoms with Crippen molar-refractivity contribution in [2.24, 2.45) is 0 Å². The summed E-state index contributed by atoms with van der Waals surface area (Å²) in [6.07, 6.45) is 0. The molecule has 0 saturated heterocycles. The second-order valence-electron chi connectivity index (χ2n) is 5.03. The maximum absolute atomic E-state index is 12.7. The molecule has 100 valence electrons. The average molecular weight is 337 g/mol. The van der Waals surface area contributed by atoms with E-state index in [-0.39, 0.29) is 5.78 Å². The van der Waals surface area contributed by atoms with Gasteiger partial charge in [0.25, 0.3) is 0 Å². The number of ketones is 1. The minimum absolute atomic E-state index is 0.139. The third kappa shape index (κ3) is 2.54. The summed E-state index contributed by atoms with van der Waals surface area (Å²) in [4.78, 5) is 13.6. The molecule has 19 heavy (non-hydrogen) atoms. The van der Waals surface area contributed by atoms with Crippen LogP contribution >= 0.6 is 27.3 Å². The van der Waals surface area contributed by atoms with E-state index in [1.165, 1.54) is 22.5 Å². The van der Waals surface area contributed by atoms with Crippen LogP contribution in [0.4, 0.5) is 0 Å². The minimum Gasteiger partial charge on any atom is -0.288 e. The van der Waals surface area contributed by atoms with Gasteiger partial charge in [-0.05, 0) is 84.4 Å². The zero-order valence-electron chi connectivity index (χ0n) is 11.8. The van der Waals surface area contributed by atoms with E-state index in [1.54, 1.807) is 0 Å². The van der Waals surface area contributed by atoms with Gasteiger partial charge >= 0.3 is 0 Å². The van der Waals surface area contributed by atoms with Crippen molar-refractivity contribution in [3.05, 3.63) is 54.2 Å². The maximum Gasteiger partial charge on any atom is 0.203 e. The first-order valence-electron chi connectivity index (χ1n) is 6.21. The van der Waals surface area contributed by atoms with Gasteiger partial charge in [-0.2, -0.15) is 0 Å². The molecule has 0 bridgehead atoms. The van der Waals surface area contributed by atoms with Crippen LogP contribution in [0.15, 0.2) is 15.9 Å². The second kappa shape index (κ2) is 5.22. The summed E-state index contributed by atoms with van der Waals surface area (Å²) >= 11 is 5.00. The second-order valence-corrected chi connectivity index (χ2v) is 7.40. The van der Waals surface area contributed by atoms with E-state index >= 15 is 0 Å². The highest BCUT2D eigenvalue weighted by Crippen LogP contribution is 2.31. The van der Waals surface area contributed by atoms with Crippen molar-refractivity contribution in [3.8, 4) is 0 Å². The number of aryl methyl sites for hydroxylation is 3. The van der Waals surface area contributed by atoms with Crippen molar-refractivity contribution in [2.45, 2.75) is 34.6 Å². The molecule has 1 nitrogen and oxygen atoms in total. The summed E-state index contributed by atoms with van der Waals surface area (Å²) in [5.41, 5.74) is 6.53. The van der Waals surface area contributed by atoms with Crippen LogP contribution in [0.3, 0.4) is 0 Å². The highest BCUT2D eigenvalue weighted by atomic mass is 79.9. The van der Waals surface area contributed by atoms with Crippen LogP contribution in [0, 0.1) is 34.6 Å². The summed E-state index contributed by atoms with van der Waals surface area (Å²) in [6.45, 7) is 10.2. The standard InChI is InChI=1S/C16H17BrOS/c1-8-6-9(2)12(5)14(11(8)4)15(18)13-7-10(3)16(17)19-13/h6-7H,1-5H3. The van der Waals surface area contributed by atoms with Crippen LogP contribution in [-0.2, 0) is 0 Å². The number of thiophene rings is 1. The number of hydrogen-bond donors (Lipinski definition) is 0. The Balaban J connectivity index is 2.62. The first kappa shape index (κ1) is 14.5. The summed E-state index contributed by atoms with van der Waals surface area (Å²) in [5, 5.41) is 0. The molecule has 1 aromatic heterocycles. The zero-order chi connectivity index (χ0) is 14.3. The van der Waals surface area contributed by atoms with Crippen molar-refractivity contribution >= 4 is 33.0 Å². The number of carbonyl (C=O) groups is 1. The molecule has 0 amide bonds. The van der Waals surface area contributed by atoms with Gasteiger partial charge in [-0.3, -0.25) is 4.79 Å². The van der Waals surface area contributed by atoms with E-state index in [1.807, 2.05) is 26.8 Å². The average Bonchev–Trinajstić information content (AvgIpc) is 2.67. The Morgan fingerprint density at radius 2 is 1.47 bits per heavy atom. The van der Waals surface area contributed by atoms with Gasteiger partial charge in [0, 0.05) is 5.56 Å². The molecule has 0 aliphatic carbocycles. The van der Waals surface area contributed by atoms with Gasteiger partial charge < -0.3 is 0 Å². The fourth-order valence-corrected chi connectivity index (χ4v) is 3.73. The topological polar surface area (TPSA) is 17.1 Å². The van der Waals surface area contributed by atoms with Crippen molar-refractivity contribution in [3.63, 3.8) is 0 Å². The molecule has 0 N–H and O–H groups in total. The lowest BCUT2D eigenvalue weighted by Gasteiger charge is -2.13. The van der Waals surface area contributed by atoms with E-state index in [2.05, 4.69) is 35.8 Å². The van der Waals surface area contributed by atoms with Crippen LogP contribution < -0.4 is 0 Å². The van der Waals surface area contributed by atoms with Crippen LogP contribution in [0.25, 0.3) is 0 Å². The van der Waals surface area contributed by atoms with Crippen LogP contribution in [-0.4, -0.2) is 5.78 Å². The lowest BCUT2D eigenvalue weighted by molar-refractivity contribution is 0.104. The van der Waals surface area contributed by atoms with Crippen molar-refractivity contribution in [2.75, 3.05) is 0 Å². The van der Waals surface area contributed by atoms with Crippen LogP contribution in [0.5, 0.6) is 0 Å². The van der Waals surface area contributed by atoms with Gasteiger partial charge in [0.15, 0.2) is 0 Å². The Labute approximate surface area is 126 Å². The number of halogens is 1. The van der Waals surface area contributed by atoms with Crippen molar-refractivity contribution in [1.82, 2.24) is 0 Å². The first-order chi connectivity index (χ1) is 8.82. The van der Waals surface area contributed by atoms with Gasteiger partial charge in [0.2, 0.25) is 5.78 Å². The molecule has 3 heteroatoms. The molecule has 1 aromatic carbocycles. The monoisotopic (exact) mass is 336 g/mol. The molecule has 0 unspecified atom stereocenters. The third-order valence-corrected chi connectivity index (χ3v) is 5.81. The normalized spacial score (nSPS) is 10.8. The molecular formula is C16H17BrOS. The SMILES string of the molecule is Cc1cc(C(=O)c2c(C)c(C)cc(C)c2C)sc1Br. The van der Waals surface area contributed by atoms with Crippen LogP contribution in [0.1, 0.15) is 43.1 Å². The van der Waals surface area contributed by atoms with Gasteiger partial charge in [-0.15, -0.1) is 11.3 Å². The van der Waals surface area contributed by atoms with E-state index in [9.17, 15) is 4.79 Å². The highest BCUT2D eigenvalue weighted by Gasteiger charge is 2.19. The maximum atomic E-state index is 12.7. The predicted molar refractivity (Wildman–Crippen MR) is 85.6 cm³/mol. The number of rotatable bonds is 2. The minimum atomic E-state index is 0.139. The van der Waals surface area contributed by atoms with Gasteiger partial charge in [-0.1, -0.05) is 6.07 Å². The van der Waals surface area contributed by atoms with E-state index < -0.39 is 0 Å². The lowest BCUT2D eigenvalue weighted by atomic mass is 9.91. The molecule has 0 saturated carbocycles. The smallest absolute Gasteiger partial charge is 0.203 e. The molecule has 0 spiro atoms. The predicted octanol–water partition coefficient (Wildman–Crippen LogP) is 5.28. The Morgan fingerprint density at radius 1 is 0.947 bits per heavy atom. The summed E-state index contributed by atoms with van der Waals surface area (Å²) < 4.78 is 1.04. The van der Waals surface area contributed by atoms with Crippen molar-refractivity contribution in [1.29, 1.82) is 0 Å². The number of carbonyl (C=O) groups excluding carboxylic acids is 1. The van der Waals surface area contributed by atoms with Crippen LogP contribution in [0.2, 0.25) is 0 Å². The largest absolute Gasteiger partial charge is 0.288 e. The van der Waals surface area contributed by atoms with E-state index in [0.717, 1.165) is 30.9 Å². The van der Waals surface area contributed by atoms with Gasteiger partial charge in [-0.25, -0.2) is 0 Å². The molecule has 0 radical (unpaired) electrons. The molecule has 2 rings (SSSR count). The molecule has 2 aromatic rings. The third-order valence-electron chi connectivity index (χ3n) is 3.67. The van der Waals surface area contributed by atoms with E-state index in [0.29, 0.717) is 0 Å². The summed E-state index contributed by atoms with van der Waals surface area (Å²) in [7, 11) is 0. The number of benzene rings is 1. The molecular weight excluding hydrogens is 320 g/mol. The Hall–Kier alpha value is -0.930. The van der Waals surface area contributed by atoms with Gasteiger partial charge in [0.05, 0.1) is 8.66 Å².